The second-order valence-corrected chi connectivity index (χ2v) is 7.15. The number of aromatic nitrogens is 1. The smallest absolute Gasteiger partial charge is 0.233 e. The molecule has 1 saturated heterocycles. The summed E-state index contributed by atoms with van der Waals surface area (Å²) in [5.74, 6) is 0.0388. The summed E-state index contributed by atoms with van der Waals surface area (Å²) in [6.45, 7) is 2.74. The molecule has 0 bridgehead atoms. The molecule has 25 heavy (non-hydrogen) atoms. The van der Waals surface area contributed by atoms with Crippen molar-refractivity contribution < 1.29 is 9.59 Å². The zero-order valence-electron chi connectivity index (χ0n) is 13.7. The van der Waals surface area contributed by atoms with E-state index >= 15 is 0 Å². The number of rotatable bonds is 4. The van der Waals surface area contributed by atoms with Gasteiger partial charge in [0.2, 0.25) is 11.8 Å². The lowest BCUT2D eigenvalue weighted by atomic mass is 10.1. The lowest BCUT2D eigenvalue weighted by Crippen LogP contribution is -2.38. The summed E-state index contributed by atoms with van der Waals surface area (Å²) in [5, 5.41) is 0.564. The molecule has 1 aliphatic rings. The minimum absolute atomic E-state index is 0.0690. The minimum atomic E-state index is -0.392. The molecular formula is C18H17BrClN3O2. The Hall–Kier alpha value is -1.92. The van der Waals surface area contributed by atoms with Crippen molar-refractivity contribution in [2.45, 2.75) is 13.3 Å². The lowest BCUT2D eigenvalue weighted by Gasteiger charge is -2.23. The van der Waals surface area contributed by atoms with Crippen LogP contribution in [0, 0.1) is 5.92 Å². The minimum Gasteiger partial charge on any atom is -0.312 e. The summed E-state index contributed by atoms with van der Waals surface area (Å²) >= 11 is 9.35. The van der Waals surface area contributed by atoms with Crippen LogP contribution in [0.2, 0.25) is 5.02 Å². The molecule has 1 aromatic heterocycles. The molecule has 2 aromatic rings. The molecule has 5 nitrogen and oxygen atoms in total. The quantitative estimate of drug-likeness (QED) is 0.751. The monoisotopic (exact) mass is 421 g/mol. The van der Waals surface area contributed by atoms with Crippen molar-refractivity contribution in [3.05, 3.63) is 52.1 Å². The SMILES string of the molecule is CCN(C(=O)C1CC(=O)N(c2cccc(Cl)c2)C1)c1ccc(Br)cn1. The van der Waals surface area contributed by atoms with Gasteiger partial charge in [0.1, 0.15) is 5.82 Å². The van der Waals surface area contributed by atoms with Crippen LogP contribution in [0.5, 0.6) is 0 Å². The maximum Gasteiger partial charge on any atom is 0.233 e. The molecule has 0 radical (unpaired) electrons. The fourth-order valence-corrected chi connectivity index (χ4v) is 3.36. The summed E-state index contributed by atoms with van der Waals surface area (Å²) in [4.78, 5) is 32.8. The zero-order chi connectivity index (χ0) is 18.0. The van der Waals surface area contributed by atoms with E-state index in [-0.39, 0.29) is 18.2 Å². The molecule has 0 N–H and O–H groups in total. The third-order valence-electron chi connectivity index (χ3n) is 4.16. The Morgan fingerprint density at radius 3 is 2.84 bits per heavy atom. The molecule has 1 aliphatic heterocycles. The third kappa shape index (κ3) is 3.85. The Kier molecular flexibility index (Phi) is 5.39. The Balaban J connectivity index is 1.78. The molecule has 0 spiro atoms. The number of nitrogens with zero attached hydrogens (tertiary/aromatic N) is 3. The van der Waals surface area contributed by atoms with Gasteiger partial charge in [-0.15, -0.1) is 0 Å². The van der Waals surface area contributed by atoms with E-state index < -0.39 is 5.92 Å². The highest BCUT2D eigenvalue weighted by molar-refractivity contribution is 9.10. The molecule has 1 aromatic carbocycles. The molecule has 7 heteroatoms. The van der Waals surface area contributed by atoms with Crippen LogP contribution >= 0.6 is 27.5 Å². The molecule has 1 atom stereocenters. The van der Waals surface area contributed by atoms with Gasteiger partial charge in [-0.2, -0.15) is 0 Å². The molecule has 0 saturated carbocycles. The van der Waals surface area contributed by atoms with Gasteiger partial charge < -0.3 is 4.90 Å². The van der Waals surface area contributed by atoms with Gasteiger partial charge in [-0.1, -0.05) is 17.7 Å². The topological polar surface area (TPSA) is 53.5 Å². The Bertz CT molecular complexity index is 797. The zero-order valence-corrected chi connectivity index (χ0v) is 16.0. The number of carbonyl (C=O) groups excluding carboxylic acids is 2. The first-order valence-electron chi connectivity index (χ1n) is 7.98. The number of anilines is 2. The fourth-order valence-electron chi connectivity index (χ4n) is 2.95. The predicted molar refractivity (Wildman–Crippen MR) is 102 cm³/mol. The Morgan fingerprint density at radius 2 is 2.20 bits per heavy atom. The van der Waals surface area contributed by atoms with Gasteiger partial charge in [0.15, 0.2) is 0 Å². The van der Waals surface area contributed by atoms with Crippen molar-refractivity contribution in [1.82, 2.24) is 4.98 Å². The highest BCUT2D eigenvalue weighted by Crippen LogP contribution is 2.29. The first kappa shape index (κ1) is 17.9. The van der Waals surface area contributed by atoms with E-state index in [1.54, 1.807) is 40.3 Å². The van der Waals surface area contributed by atoms with E-state index in [0.717, 1.165) is 10.2 Å². The second kappa shape index (κ2) is 7.54. The number of amides is 2. The van der Waals surface area contributed by atoms with Gasteiger partial charge in [-0.05, 0) is 53.2 Å². The molecule has 2 amide bonds. The van der Waals surface area contributed by atoms with Gasteiger partial charge in [-0.25, -0.2) is 4.98 Å². The van der Waals surface area contributed by atoms with Crippen LogP contribution in [0.3, 0.4) is 0 Å². The molecular weight excluding hydrogens is 406 g/mol. The molecule has 2 heterocycles. The first-order valence-corrected chi connectivity index (χ1v) is 9.15. The van der Waals surface area contributed by atoms with E-state index in [1.165, 1.54) is 0 Å². The van der Waals surface area contributed by atoms with Crippen molar-refractivity contribution >= 4 is 50.9 Å². The highest BCUT2D eigenvalue weighted by Gasteiger charge is 2.37. The first-order chi connectivity index (χ1) is 12.0. The molecule has 0 aliphatic carbocycles. The highest BCUT2D eigenvalue weighted by atomic mass is 79.9. The number of halogens is 2. The third-order valence-corrected chi connectivity index (χ3v) is 4.87. The number of hydrogen-bond acceptors (Lipinski definition) is 3. The Labute approximate surface area is 159 Å². The van der Waals surface area contributed by atoms with Crippen molar-refractivity contribution in [2.75, 3.05) is 22.9 Å². The summed E-state index contributed by atoms with van der Waals surface area (Å²) in [6, 6.07) is 10.7. The van der Waals surface area contributed by atoms with E-state index in [1.807, 2.05) is 19.1 Å². The van der Waals surface area contributed by atoms with E-state index in [4.69, 9.17) is 11.6 Å². The van der Waals surface area contributed by atoms with E-state index in [9.17, 15) is 9.59 Å². The van der Waals surface area contributed by atoms with Gasteiger partial charge in [0.25, 0.3) is 0 Å². The van der Waals surface area contributed by atoms with E-state index in [2.05, 4.69) is 20.9 Å². The normalized spacial score (nSPS) is 17.0. The average molecular weight is 423 g/mol. The Morgan fingerprint density at radius 1 is 1.40 bits per heavy atom. The summed E-state index contributed by atoms with van der Waals surface area (Å²) in [6.07, 6.45) is 1.85. The van der Waals surface area contributed by atoms with Crippen molar-refractivity contribution in [3.8, 4) is 0 Å². The number of hydrogen-bond donors (Lipinski definition) is 0. The molecule has 1 fully saturated rings. The van der Waals surface area contributed by atoms with Gasteiger partial charge in [-0.3, -0.25) is 14.5 Å². The maximum absolute atomic E-state index is 12.9. The van der Waals surface area contributed by atoms with Crippen LogP contribution in [0.15, 0.2) is 47.1 Å². The largest absolute Gasteiger partial charge is 0.312 e. The van der Waals surface area contributed by atoms with Crippen LogP contribution in [0.25, 0.3) is 0 Å². The van der Waals surface area contributed by atoms with Crippen LogP contribution in [0.1, 0.15) is 13.3 Å². The van der Waals surface area contributed by atoms with E-state index in [0.29, 0.717) is 23.9 Å². The summed E-state index contributed by atoms with van der Waals surface area (Å²) in [7, 11) is 0. The maximum atomic E-state index is 12.9. The van der Waals surface area contributed by atoms with Crippen LogP contribution < -0.4 is 9.80 Å². The molecule has 3 rings (SSSR count). The predicted octanol–water partition coefficient (Wildman–Crippen LogP) is 3.90. The van der Waals surface area contributed by atoms with Crippen molar-refractivity contribution in [2.24, 2.45) is 5.92 Å². The number of carbonyl (C=O) groups is 2. The summed E-state index contributed by atoms with van der Waals surface area (Å²) in [5.41, 5.74) is 0.720. The number of pyridine rings is 1. The van der Waals surface area contributed by atoms with Crippen LogP contribution in [-0.2, 0) is 9.59 Å². The molecule has 130 valence electrons. The lowest BCUT2D eigenvalue weighted by molar-refractivity contribution is -0.124. The van der Waals surface area contributed by atoms with Gasteiger partial charge in [0.05, 0.1) is 5.92 Å². The van der Waals surface area contributed by atoms with Gasteiger partial charge >= 0.3 is 0 Å². The van der Waals surface area contributed by atoms with Crippen molar-refractivity contribution in [1.29, 1.82) is 0 Å². The van der Waals surface area contributed by atoms with Crippen LogP contribution in [0.4, 0.5) is 11.5 Å². The summed E-state index contributed by atoms with van der Waals surface area (Å²) < 4.78 is 0.850. The number of benzene rings is 1. The van der Waals surface area contributed by atoms with Crippen molar-refractivity contribution in [3.63, 3.8) is 0 Å². The van der Waals surface area contributed by atoms with Crippen LogP contribution in [-0.4, -0.2) is 29.9 Å². The van der Waals surface area contributed by atoms with Gasteiger partial charge in [0, 0.05) is 40.9 Å². The average Bonchev–Trinajstić information content (AvgIpc) is 2.99. The fraction of sp³-hybridized carbons (Fsp3) is 0.278. The second-order valence-electron chi connectivity index (χ2n) is 5.80. The standard InChI is InChI=1S/C18H17BrClN3O2/c1-2-22(16-7-6-13(19)10-21-16)18(25)12-8-17(24)23(11-12)15-5-3-4-14(20)9-15/h3-7,9-10,12H,2,8,11H2,1H3. The molecule has 1 unspecified atom stereocenters.